The fraction of sp³-hybridized carbons (Fsp3) is 0.111. The summed E-state index contributed by atoms with van der Waals surface area (Å²) in [5.41, 5.74) is 4.96. The summed E-state index contributed by atoms with van der Waals surface area (Å²) in [5.74, 6) is 0.916. The fourth-order valence-electron chi connectivity index (χ4n) is 2.11. The summed E-state index contributed by atoms with van der Waals surface area (Å²) < 4.78 is 5.72. The van der Waals surface area contributed by atoms with E-state index in [0.29, 0.717) is 6.61 Å². The third-order valence-electron chi connectivity index (χ3n) is 3.26. The molecular weight excluding hydrogens is 232 g/mol. The van der Waals surface area contributed by atoms with Crippen LogP contribution < -0.4 is 0 Å². The molecule has 0 amide bonds. The molecule has 0 unspecified atom stereocenters. The van der Waals surface area contributed by atoms with E-state index in [0.717, 1.165) is 5.76 Å². The third-order valence-corrected chi connectivity index (χ3v) is 3.26. The zero-order valence-electron chi connectivity index (χ0n) is 11.0. The number of allylic oxidation sites excluding steroid dienone is 1. The normalized spacial score (nSPS) is 13.8. The molecule has 94 valence electrons. The number of aryl methyl sites for hydroxylation is 1. The Hall–Kier alpha value is -2.28. The Bertz CT molecular complexity index is 633. The number of ether oxygens (including phenoxy) is 1. The average Bonchev–Trinajstić information content (AvgIpc) is 2.46. The Morgan fingerprint density at radius 3 is 2.58 bits per heavy atom. The van der Waals surface area contributed by atoms with E-state index in [4.69, 9.17) is 4.74 Å². The van der Waals surface area contributed by atoms with Gasteiger partial charge < -0.3 is 4.74 Å². The predicted octanol–water partition coefficient (Wildman–Crippen LogP) is 4.58. The first-order valence-electron chi connectivity index (χ1n) is 6.48. The Labute approximate surface area is 113 Å². The van der Waals surface area contributed by atoms with E-state index in [1.165, 1.54) is 22.3 Å². The van der Waals surface area contributed by atoms with Crippen LogP contribution in [-0.2, 0) is 11.3 Å². The summed E-state index contributed by atoms with van der Waals surface area (Å²) in [6.45, 7) is 2.75. The lowest BCUT2D eigenvalue weighted by Crippen LogP contribution is -2.00. The number of hydrogen-bond acceptors (Lipinski definition) is 1. The summed E-state index contributed by atoms with van der Waals surface area (Å²) in [6, 6.07) is 16.8. The number of fused-ring (bicyclic) bond motifs is 1. The van der Waals surface area contributed by atoms with Crippen molar-refractivity contribution in [2.24, 2.45) is 0 Å². The van der Waals surface area contributed by atoms with Crippen LogP contribution in [0.4, 0.5) is 0 Å². The highest BCUT2D eigenvalue weighted by atomic mass is 16.5. The molecular formula is C18H16O. The molecule has 1 nitrogen and oxygen atoms in total. The van der Waals surface area contributed by atoms with Crippen LogP contribution in [0.5, 0.6) is 0 Å². The molecule has 0 aliphatic carbocycles. The average molecular weight is 248 g/mol. The van der Waals surface area contributed by atoms with E-state index in [2.05, 4.69) is 61.5 Å². The summed E-state index contributed by atoms with van der Waals surface area (Å²) in [6.07, 6.45) is 6.20. The zero-order valence-corrected chi connectivity index (χ0v) is 11.0. The minimum Gasteiger partial charge on any atom is -0.489 e. The van der Waals surface area contributed by atoms with E-state index >= 15 is 0 Å². The maximum absolute atomic E-state index is 5.72. The number of rotatable bonds is 2. The quantitative estimate of drug-likeness (QED) is 0.756. The molecule has 19 heavy (non-hydrogen) atoms. The van der Waals surface area contributed by atoms with Crippen molar-refractivity contribution in [3.63, 3.8) is 0 Å². The summed E-state index contributed by atoms with van der Waals surface area (Å²) >= 11 is 0. The van der Waals surface area contributed by atoms with Gasteiger partial charge in [-0.05, 0) is 35.8 Å². The second kappa shape index (κ2) is 5.15. The topological polar surface area (TPSA) is 9.23 Å². The largest absolute Gasteiger partial charge is 0.489 e. The maximum atomic E-state index is 5.72. The lowest BCUT2D eigenvalue weighted by Gasteiger charge is -2.15. The molecule has 0 N–H and O–H groups in total. The van der Waals surface area contributed by atoms with Gasteiger partial charge in [-0.2, -0.15) is 0 Å². The lowest BCUT2D eigenvalue weighted by molar-refractivity contribution is 0.210. The lowest BCUT2D eigenvalue weighted by atomic mass is 10.1. The van der Waals surface area contributed by atoms with E-state index in [9.17, 15) is 0 Å². The van der Waals surface area contributed by atoms with Gasteiger partial charge >= 0.3 is 0 Å². The van der Waals surface area contributed by atoms with Gasteiger partial charge in [0.1, 0.15) is 12.4 Å². The molecule has 1 aliphatic heterocycles. The minimum absolute atomic E-state index is 0.653. The van der Waals surface area contributed by atoms with Crippen LogP contribution in [0.25, 0.3) is 12.2 Å². The van der Waals surface area contributed by atoms with Crippen molar-refractivity contribution in [3.05, 3.63) is 82.6 Å². The predicted molar refractivity (Wildman–Crippen MR) is 79.4 cm³/mol. The summed E-state index contributed by atoms with van der Waals surface area (Å²) in [7, 11) is 0. The van der Waals surface area contributed by atoms with Gasteiger partial charge in [0.15, 0.2) is 0 Å². The van der Waals surface area contributed by atoms with Gasteiger partial charge in [-0.25, -0.2) is 0 Å². The van der Waals surface area contributed by atoms with Crippen LogP contribution in [0.1, 0.15) is 22.3 Å². The van der Waals surface area contributed by atoms with Gasteiger partial charge in [-0.3, -0.25) is 0 Å². The molecule has 0 bridgehead atoms. The Morgan fingerprint density at radius 1 is 0.947 bits per heavy atom. The molecule has 2 aromatic carbocycles. The van der Waals surface area contributed by atoms with Crippen LogP contribution in [0.15, 0.2) is 60.4 Å². The number of hydrogen-bond donors (Lipinski definition) is 0. The smallest absolute Gasteiger partial charge is 0.120 e. The van der Waals surface area contributed by atoms with Crippen LogP contribution in [0, 0.1) is 6.92 Å². The van der Waals surface area contributed by atoms with Crippen molar-refractivity contribution in [3.8, 4) is 0 Å². The summed E-state index contributed by atoms with van der Waals surface area (Å²) in [5, 5.41) is 0. The number of benzene rings is 2. The molecule has 0 atom stereocenters. The molecule has 2 aromatic rings. The van der Waals surface area contributed by atoms with E-state index < -0.39 is 0 Å². The molecule has 1 aliphatic rings. The molecule has 1 heteroatoms. The Morgan fingerprint density at radius 2 is 1.74 bits per heavy atom. The highest BCUT2D eigenvalue weighted by Gasteiger charge is 2.07. The molecule has 1 heterocycles. The van der Waals surface area contributed by atoms with E-state index in [-0.39, 0.29) is 0 Å². The third kappa shape index (κ3) is 2.76. The molecule has 0 spiro atoms. The van der Waals surface area contributed by atoms with Crippen molar-refractivity contribution in [2.45, 2.75) is 13.5 Å². The second-order valence-electron chi connectivity index (χ2n) is 4.78. The monoisotopic (exact) mass is 248 g/mol. The van der Waals surface area contributed by atoms with Gasteiger partial charge in [0.2, 0.25) is 0 Å². The van der Waals surface area contributed by atoms with Gasteiger partial charge in [0, 0.05) is 0 Å². The van der Waals surface area contributed by atoms with Crippen LogP contribution in [-0.4, -0.2) is 0 Å². The summed E-state index contributed by atoms with van der Waals surface area (Å²) in [4.78, 5) is 0. The van der Waals surface area contributed by atoms with Crippen molar-refractivity contribution < 1.29 is 4.74 Å². The van der Waals surface area contributed by atoms with Crippen molar-refractivity contribution >= 4 is 12.2 Å². The van der Waals surface area contributed by atoms with Crippen LogP contribution in [0.3, 0.4) is 0 Å². The van der Waals surface area contributed by atoms with Crippen molar-refractivity contribution in [2.75, 3.05) is 0 Å². The Kier molecular flexibility index (Phi) is 3.20. The first kappa shape index (κ1) is 11.8. The van der Waals surface area contributed by atoms with Crippen LogP contribution >= 0.6 is 0 Å². The fourth-order valence-corrected chi connectivity index (χ4v) is 2.11. The Balaban J connectivity index is 1.81. The van der Waals surface area contributed by atoms with E-state index in [1.54, 1.807) is 0 Å². The molecule has 0 radical (unpaired) electrons. The SMILES string of the molecule is Cc1ccc(/C=C/C2=Cc3ccccc3CO2)cc1. The van der Waals surface area contributed by atoms with Gasteiger partial charge in [0.05, 0.1) is 0 Å². The highest BCUT2D eigenvalue weighted by Crippen LogP contribution is 2.22. The van der Waals surface area contributed by atoms with Gasteiger partial charge in [0.25, 0.3) is 0 Å². The van der Waals surface area contributed by atoms with Gasteiger partial charge in [-0.15, -0.1) is 0 Å². The highest BCUT2D eigenvalue weighted by molar-refractivity contribution is 5.63. The van der Waals surface area contributed by atoms with Crippen molar-refractivity contribution in [1.82, 2.24) is 0 Å². The van der Waals surface area contributed by atoms with Gasteiger partial charge in [-0.1, -0.05) is 60.2 Å². The van der Waals surface area contributed by atoms with E-state index in [1.807, 2.05) is 12.1 Å². The second-order valence-corrected chi connectivity index (χ2v) is 4.78. The molecule has 0 saturated carbocycles. The first-order valence-corrected chi connectivity index (χ1v) is 6.48. The van der Waals surface area contributed by atoms with Crippen molar-refractivity contribution in [1.29, 1.82) is 0 Å². The molecule has 0 fully saturated rings. The molecule has 0 aromatic heterocycles. The minimum atomic E-state index is 0.653. The molecule has 0 saturated heterocycles. The standard InChI is InChI=1S/C18H16O/c1-14-6-8-15(9-7-14)10-11-18-12-16-4-2-3-5-17(16)13-19-18/h2-12H,13H2,1H3/b11-10+. The molecule has 3 rings (SSSR count). The van der Waals surface area contributed by atoms with Crippen LogP contribution in [0.2, 0.25) is 0 Å². The zero-order chi connectivity index (χ0) is 13.1. The first-order chi connectivity index (χ1) is 9.31. The maximum Gasteiger partial charge on any atom is 0.120 e.